The van der Waals surface area contributed by atoms with E-state index in [1.165, 1.54) is 44.9 Å². The van der Waals surface area contributed by atoms with Crippen molar-refractivity contribution in [3.05, 3.63) is 11.6 Å². The smallest absolute Gasteiger partial charge is 0.191 e. The van der Waals surface area contributed by atoms with E-state index in [4.69, 9.17) is 9.73 Å². The molecule has 2 aliphatic carbocycles. The molecule has 2 aliphatic rings. The van der Waals surface area contributed by atoms with Crippen LogP contribution in [0.2, 0.25) is 0 Å². The van der Waals surface area contributed by atoms with E-state index in [-0.39, 0.29) is 24.0 Å². The monoisotopic (exact) mass is 490 g/mol. The normalized spacial score (nSPS) is 18.2. The summed E-state index contributed by atoms with van der Waals surface area (Å²) in [6.45, 7) is 5.13. The van der Waals surface area contributed by atoms with Gasteiger partial charge >= 0.3 is 0 Å². The number of hydrogen-bond acceptors (Lipinski definition) is 4. The summed E-state index contributed by atoms with van der Waals surface area (Å²) >= 11 is 0. The van der Waals surface area contributed by atoms with Crippen molar-refractivity contribution in [2.75, 3.05) is 19.8 Å². The van der Waals surface area contributed by atoms with E-state index in [9.17, 15) is 0 Å². The molecule has 27 heavy (non-hydrogen) atoms. The maximum atomic E-state index is 5.72. The van der Waals surface area contributed by atoms with Gasteiger partial charge in [-0.2, -0.15) is 0 Å². The number of aromatic nitrogens is 3. The first-order valence-electron chi connectivity index (χ1n) is 10.2. The van der Waals surface area contributed by atoms with Crippen LogP contribution in [0.5, 0.6) is 0 Å². The largest absolute Gasteiger partial charge is 0.381 e. The zero-order valence-corrected chi connectivity index (χ0v) is 19.1. The van der Waals surface area contributed by atoms with Gasteiger partial charge in [-0.05, 0) is 44.9 Å². The molecule has 0 bridgehead atoms. The lowest BCUT2D eigenvalue weighted by molar-refractivity contribution is 0.123. The maximum absolute atomic E-state index is 5.72. The van der Waals surface area contributed by atoms with Gasteiger partial charge in [0.1, 0.15) is 12.4 Å². The third-order valence-corrected chi connectivity index (χ3v) is 5.32. The highest BCUT2D eigenvalue weighted by atomic mass is 127. The molecule has 0 spiro atoms. The van der Waals surface area contributed by atoms with Crippen LogP contribution in [0.4, 0.5) is 0 Å². The lowest BCUT2D eigenvalue weighted by Crippen LogP contribution is -2.44. The fourth-order valence-electron chi connectivity index (χ4n) is 3.25. The zero-order valence-electron chi connectivity index (χ0n) is 16.7. The number of ether oxygens (including phenoxy) is 1. The molecule has 154 valence electrons. The number of aliphatic imine (C=N–C) groups is 1. The molecule has 2 fully saturated rings. The Morgan fingerprint density at radius 2 is 1.96 bits per heavy atom. The van der Waals surface area contributed by atoms with E-state index in [0.717, 1.165) is 49.7 Å². The van der Waals surface area contributed by atoms with Crippen LogP contribution >= 0.6 is 24.0 Å². The number of nitrogens with zero attached hydrogens (tertiary/aromatic N) is 4. The molecule has 0 atom stereocenters. The van der Waals surface area contributed by atoms with Crippen LogP contribution in [-0.4, -0.2) is 46.5 Å². The molecule has 0 saturated heterocycles. The van der Waals surface area contributed by atoms with Crippen molar-refractivity contribution in [3.8, 4) is 0 Å². The highest BCUT2D eigenvalue weighted by Crippen LogP contribution is 2.28. The fourth-order valence-corrected chi connectivity index (χ4v) is 3.25. The highest BCUT2D eigenvalue weighted by molar-refractivity contribution is 14.0. The molecule has 1 aromatic heterocycles. The Morgan fingerprint density at radius 3 is 2.63 bits per heavy atom. The molecule has 3 rings (SSSR count). The van der Waals surface area contributed by atoms with Gasteiger partial charge in [0.25, 0.3) is 0 Å². The molecule has 0 radical (unpaired) electrons. The Kier molecular flexibility index (Phi) is 9.81. The van der Waals surface area contributed by atoms with E-state index < -0.39 is 0 Å². The molecule has 8 heteroatoms. The summed E-state index contributed by atoms with van der Waals surface area (Å²) < 4.78 is 7.71. The van der Waals surface area contributed by atoms with Crippen molar-refractivity contribution in [2.24, 2.45) is 18.0 Å². The van der Waals surface area contributed by atoms with Crippen LogP contribution in [0.3, 0.4) is 0 Å². The third kappa shape index (κ3) is 7.93. The molecule has 0 unspecified atom stereocenters. The number of guanidine groups is 1. The molecule has 7 nitrogen and oxygen atoms in total. The number of halogens is 1. The van der Waals surface area contributed by atoms with Crippen LogP contribution in [0, 0.1) is 12.8 Å². The van der Waals surface area contributed by atoms with Gasteiger partial charge in [0.15, 0.2) is 11.8 Å². The summed E-state index contributed by atoms with van der Waals surface area (Å²) in [4.78, 5) is 4.75. The van der Waals surface area contributed by atoms with E-state index in [1.54, 1.807) is 0 Å². The van der Waals surface area contributed by atoms with Gasteiger partial charge in [0.2, 0.25) is 0 Å². The summed E-state index contributed by atoms with van der Waals surface area (Å²) in [5, 5.41) is 15.4. The van der Waals surface area contributed by atoms with Gasteiger partial charge in [0, 0.05) is 32.8 Å². The molecule has 0 amide bonds. The fraction of sp³-hybridized carbons (Fsp3) is 0.842. The van der Waals surface area contributed by atoms with Crippen molar-refractivity contribution in [2.45, 2.75) is 70.9 Å². The second-order valence-electron chi connectivity index (χ2n) is 7.67. The van der Waals surface area contributed by atoms with Gasteiger partial charge < -0.3 is 19.9 Å². The van der Waals surface area contributed by atoms with Gasteiger partial charge in [0.05, 0.1) is 0 Å². The number of aryl methyl sites for hydroxylation is 1. The summed E-state index contributed by atoms with van der Waals surface area (Å²) in [5.74, 6) is 3.53. The average Bonchev–Trinajstić information content (AvgIpc) is 3.43. The molecule has 2 saturated carbocycles. The molecule has 1 heterocycles. The number of rotatable bonds is 9. The summed E-state index contributed by atoms with van der Waals surface area (Å²) in [7, 11) is 1.99. The number of nitrogens with one attached hydrogen (secondary N) is 2. The van der Waals surface area contributed by atoms with E-state index in [1.807, 2.05) is 18.5 Å². The summed E-state index contributed by atoms with van der Waals surface area (Å²) in [5.41, 5.74) is 0. The quantitative estimate of drug-likeness (QED) is 0.241. The zero-order chi connectivity index (χ0) is 18.2. The summed E-state index contributed by atoms with van der Waals surface area (Å²) in [6.07, 6.45) is 10.1. The van der Waals surface area contributed by atoms with Gasteiger partial charge in [-0.25, -0.2) is 4.99 Å². The van der Waals surface area contributed by atoms with Gasteiger partial charge in [-0.3, -0.25) is 0 Å². The Balaban J connectivity index is 0.00000261. The van der Waals surface area contributed by atoms with Crippen LogP contribution in [-0.2, 0) is 18.3 Å². The predicted octanol–water partition coefficient (Wildman–Crippen LogP) is 2.93. The molecule has 1 aromatic rings. The lowest BCUT2D eigenvalue weighted by atomic mass is 9.96. The minimum Gasteiger partial charge on any atom is -0.381 e. The second kappa shape index (κ2) is 11.8. The van der Waals surface area contributed by atoms with E-state index in [2.05, 4.69) is 20.8 Å². The van der Waals surface area contributed by atoms with Crippen LogP contribution in [0.15, 0.2) is 4.99 Å². The Labute approximate surface area is 180 Å². The van der Waals surface area contributed by atoms with Crippen molar-refractivity contribution in [3.63, 3.8) is 0 Å². The lowest BCUT2D eigenvalue weighted by Gasteiger charge is -2.25. The van der Waals surface area contributed by atoms with E-state index >= 15 is 0 Å². The Hall–Kier alpha value is -0.900. The highest BCUT2D eigenvalue weighted by Gasteiger charge is 2.20. The van der Waals surface area contributed by atoms with Crippen molar-refractivity contribution < 1.29 is 4.74 Å². The molecule has 0 aromatic carbocycles. The summed E-state index contributed by atoms with van der Waals surface area (Å²) in [6, 6.07) is 0.530. The second-order valence-corrected chi connectivity index (χ2v) is 7.67. The SMILES string of the molecule is Cc1nnc(CN=C(NCCCOCC2CC2)NC2CCCCC2)n1C.I. The first-order valence-corrected chi connectivity index (χ1v) is 10.2. The minimum atomic E-state index is 0. The molecular formula is C19H35IN6O. The Morgan fingerprint density at radius 1 is 1.19 bits per heavy atom. The maximum Gasteiger partial charge on any atom is 0.191 e. The van der Waals surface area contributed by atoms with Gasteiger partial charge in [-0.15, -0.1) is 34.2 Å². The molecule has 2 N–H and O–H groups in total. The first kappa shape index (κ1) is 22.4. The molecular weight excluding hydrogens is 455 g/mol. The van der Waals surface area contributed by atoms with Crippen molar-refractivity contribution in [1.29, 1.82) is 0 Å². The predicted molar refractivity (Wildman–Crippen MR) is 118 cm³/mol. The average molecular weight is 490 g/mol. The topological polar surface area (TPSA) is 76.4 Å². The standard InChI is InChI=1S/C19H34N6O.HI/c1-15-23-24-18(25(15)2)13-21-19(22-17-7-4-3-5-8-17)20-11-6-12-26-14-16-9-10-16;/h16-17H,3-14H2,1-2H3,(H2,20,21,22);1H. The minimum absolute atomic E-state index is 0. The Bertz CT molecular complexity index is 581. The van der Waals surface area contributed by atoms with Crippen molar-refractivity contribution in [1.82, 2.24) is 25.4 Å². The molecule has 0 aliphatic heterocycles. The van der Waals surface area contributed by atoms with Crippen LogP contribution in [0.25, 0.3) is 0 Å². The van der Waals surface area contributed by atoms with E-state index in [0.29, 0.717) is 12.6 Å². The first-order chi connectivity index (χ1) is 12.7. The third-order valence-electron chi connectivity index (χ3n) is 5.32. The number of hydrogen-bond donors (Lipinski definition) is 2. The van der Waals surface area contributed by atoms with Crippen LogP contribution < -0.4 is 10.6 Å². The van der Waals surface area contributed by atoms with Gasteiger partial charge in [-0.1, -0.05) is 19.3 Å². The van der Waals surface area contributed by atoms with Crippen molar-refractivity contribution >= 4 is 29.9 Å². The van der Waals surface area contributed by atoms with Crippen LogP contribution in [0.1, 0.15) is 63.0 Å².